The number of carbonyl (C=O) groups excluding carboxylic acids is 1. The van der Waals surface area contributed by atoms with Crippen molar-refractivity contribution in [1.29, 1.82) is 0 Å². The molecule has 0 fully saturated rings. The number of hydrogen-bond acceptors (Lipinski definition) is 7. The molecule has 1 aromatic heterocycles. The highest BCUT2D eigenvalue weighted by Crippen LogP contribution is 2.28. The van der Waals surface area contributed by atoms with Gasteiger partial charge in [-0.15, -0.1) is 10.2 Å². The molecule has 4 aromatic carbocycles. The van der Waals surface area contributed by atoms with E-state index in [-0.39, 0.29) is 11.7 Å². The van der Waals surface area contributed by atoms with E-state index in [9.17, 15) is 4.79 Å². The Morgan fingerprint density at radius 2 is 1.55 bits per heavy atom. The van der Waals surface area contributed by atoms with Crippen LogP contribution in [0, 0.1) is 0 Å². The SMILES string of the molecule is COc1ccc(-n2c(SCC(=O)NN=Cc3ccc(OCc4ccccc4)cc3)nnc2-c2ccccc2)cc1. The van der Waals surface area contributed by atoms with Gasteiger partial charge in [-0.25, -0.2) is 5.43 Å². The van der Waals surface area contributed by atoms with Crippen LogP contribution in [0.25, 0.3) is 17.1 Å². The Bertz CT molecular complexity index is 1550. The summed E-state index contributed by atoms with van der Waals surface area (Å²) in [6.07, 6.45) is 1.59. The Morgan fingerprint density at radius 3 is 2.25 bits per heavy atom. The highest BCUT2D eigenvalue weighted by Gasteiger charge is 2.17. The lowest BCUT2D eigenvalue weighted by atomic mass is 10.2. The summed E-state index contributed by atoms with van der Waals surface area (Å²) in [5.74, 6) is 2.06. The molecule has 1 heterocycles. The van der Waals surface area contributed by atoms with Crippen LogP contribution in [0.1, 0.15) is 11.1 Å². The van der Waals surface area contributed by atoms with E-state index in [1.54, 1.807) is 13.3 Å². The van der Waals surface area contributed by atoms with E-state index in [1.165, 1.54) is 11.8 Å². The zero-order valence-electron chi connectivity index (χ0n) is 21.8. The molecule has 8 nitrogen and oxygen atoms in total. The van der Waals surface area contributed by atoms with E-state index in [0.717, 1.165) is 33.9 Å². The Morgan fingerprint density at radius 1 is 0.875 bits per heavy atom. The molecule has 9 heteroatoms. The minimum atomic E-state index is -0.255. The van der Waals surface area contributed by atoms with Crippen molar-refractivity contribution in [3.63, 3.8) is 0 Å². The number of amides is 1. The lowest BCUT2D eigenvalue weighted by Crippen LogP contribution is -2.20. The van der Waals surface area contributed by atoms with Crippen LogP contribution in [0.4, 0.5) is 0 Å². The van der Waals surface area contributed by atoms with Gasteiger partial charge in [0.2, 0.25) is 0 Å². The first kappa shape index (κ1) is 26.7. The Hall–Kier alpha value is -4.89. The van der Waals surface area contributed by atoms with Gasteiger partial charge in [0.15, 0.2) is 11.0 Å². The quantitative estimate of drug-likeness (QED) is 0.128. The van der Waals surface area contributed by atoms with Gasteiger partial charge in [0, 0.05) is 11.3 Å². The number of nitrogens with one attached hydrogen (secondary N) is 1. The van der Waals surface area contributed by atoms with Crippen molar-refractivity contribution in [2.75, 3.05) is 12.9 Å². The smallest absolute Gasteiger partial charge is 0.250 e. The number of hydrogen-bond donors (Lipinski definition) is 1. The van der Waals surface area contributed by atoms with Crippen molar-refractivity contribution in [2.45, 2.75) is 11.8 Å². The molecular formula is C31H27N5O3S. The van der Waals surface area contributed by atoms with E-state index in [0.29, 0.717) is 17.6 Å². The number of carbonyl (C=O) groups is 1. The summed E-state index contributed by atoms with van der Waals surface area (Å²) in [6.45, 7) is 0.501. The highest BCUT2D eigenvalue weighted by molar-refractivity contribution is 7.99. The molecule has 0 bridgehead atoms. The summed E-state index contributed by atoms with van der Waals surface area (Å²) in [4.78, 5) is 12.5. The molecule has 1 amide bonds. The van der Waals surface area contributed by atoms with Crippen LogP contribution in [0.15, 0.2) is 119 Å². The Balaban J connectivity index is 1.19. The molecule has 0 aliphatic rings. The molecule has 200 valence electrons. The first-order chi connectivity index (χ1) is 19.7. The standard InChI is InChI=1S/C31H27N5O3S/c1-38-27-18-14-26(15-19-27)36-30(25-10-6-3-7-11-25)34-35-31(36)40-22-29(37)33-32-20-23-12-16-28(17-13-23)39-21-24-8-4-2-5-9-24/h2-20H,21-22H2,1H3,(H,33,37). The van der Waals surface area contributed by atoms with Crippen molar-refractivity contribution in [1.82, 2.24) is 20.2 Å². The number of hydrazone groups is 1. The fourth-order valence-electron chi connectivity index (χ4n) is 3.83. The highest BCUT2D eigenvalue weighted by atomic mass is 32.2. The number of thioether (sulfide) groups is 1. The first-order valence-electron chi connectivity index (χ1n) is 12.6. The maximum atomic E-state index is 12.5. The molecule has 5 rings (SSSR count). The number of ether oxygens (including phenoxy) is 2. The fraction of sp³-hybridized carbons (Fsp3) is 0.0968. The molecule has 40 heavy (non-hydrogen) atoms. The van der Waals surface area contributed by atoms with Crippen molar-refractivity contribution >= 4 is 23.9 Å². The molecule has 0 unspecified atom stereocenters. The molecule has 0 aliphatic heterocycles. The van der Waals surface area contributed by atoms with Gasteiger partial charge in [0.05, 0.1) is 19.1 Å². The largest absolute Gasteiger partial charge is 0.497 e. The average Bonchev–Trinajstić information content (AvgIpc) is 3.44. The number of methoxy groups -OCH3 is 1. The number of aromatic nitrogens is 3. The van der Waals surface area contributed by atoms with Crippen molar-refractivity contribution in [2.24, 2.45) is 5.10 Å². The molecule has 1 N–H and O–H groups in total. The predicted octanol–water partition coefficient (Wildman–Crippen LogP) is 5.76. The average molecular weight is 550 g/mol. The molecular weight excluding hydrogens is 522 g/mol. The number of nitrogens with zero attached hydrogens (tertiary/aromatic N) is 4. The van der Waals surface area contributed by atoms with Gasteiger partial charge in [-0.05, 0) is 59.7 Å². The molecule has 0 aliphatic carbocycles. The van der Waals surface area contributed by atoms with E-state index in [2.05, 4.69) is 20.7 Å². The Labute approximate surface area is 236 Å². The van der Waals surface area contributed by atoms with Crippen LogP contribution in [0.5, 0.6) is 11.5 Å². The maximum absolute atomic E-state index is 12.5. The second-order valence-electron chi connectivity index (χ2n) is 8.63. The monoisotopic (exact) mass is 549 g/mol. The molecule has 0 saturated heterocycles. The number of rotatable bonds is 11. The van der Waals surface area contributed by atoms with E-state index >= 15 is 0 Å². The summed E-state index contributed by atoms with van der Waals surface area (Å²) in [5.41, 5.74) is 6.31. The molecule has 5 aromatic rings. The van der Waals surface area contributed by atoms with E-state index < -0.39 is 0 Å². The van der Waals surface area contributed by atoms with Gasteiger partial charge < -0.3 is 9.47 Å². The third-order valence-electron chi connectivity index (χ3n) is 5.86. The third-order valence-corrected chi connectivity index (χ3v) is 6.79. The van der Waals surface area contributed by atoms with Crippen LogP contribution >= 0.6 is 11.8 Å². The van der Waals surface area contributed by atoms with Crippen molar-refractivity contribution in [3.8, 4) is 28.6 Å². The fourth-order valence-corrected chi connectivity index (χ4v) is 4.58. The van der Waals surface area contributed by atoms with Gasteiger partial charge in [0.1, 0.15) is 18.1 Å². The summed E-state index contributed by atoms with van der Waals surface area (Å²) < 4.78 is 13.0. The lowest BCUT2D eigenvalue weighted by molar-refractivity contribution is -0.118. The molecule has 0 atom stereocenters. The van der Waals surface area contributed by atoms with Crippen LogP contribution in [-0.2, 0) is 11.4 Å². The number of benzene rings is 4. The summed E-state index contributed by atoms with van der Waals surface area (Å²) in [6, 6.07) is 34.9. The van der Waals surface area contributed by atoms with Crippen LogP contribution in [0.3, 0.4) is 0 Å². The summed E-state index contributed by atoms with van der Waals surface area (Å²) >= 11 is 1.28. The summed E-state index contributed by atoms with van der Waals surface area (Å²) in [7, 11) is 1.63. The van der Waals surface area contributed by atoms with Gasteiger partial charge >= 0.3 is 0 Å². The zero-order chi connectivity index (χ0) is 27.6. The zero-order valence-corrected chi connectivity index (χ0v) is 22.6. The molecule has 0 spiro atoms. The van der Waals surface area contributed by atoms with Crippen LogP contribution < -0.4 is 14.9 Å². The second-order valence-corrected chi connectivity index (χ2v) is 9.57. The third kappa shape index (κ3) is 6.95. The topological polar surface area (TPSA) is 90.6 Å². The van der Waals surface area contributed by atoms with Gasteiger partial charge in [0.25, 0.3) is 5.91 Å². The van der Waals surface area contributed by atoms with Gasteiger partial charge in [-0.3, -0.25) is 9.36 Å². The van der Waals surface area contributed by atoms with Crippen molar-refractivity contribution in [3.05, 3.63) is 120 Å². The normalized spacial score (nSPS) is 10.9. The second kappa shape index (κ2) is 13.3. The van der Waals surface area contributed by atoms with Crippen LogP contribution in [0.2, 0.25) is 0 Å². The van der Waals surface area contributed by atoms with Crippen LogP contribution in [-0.4, -0.2) is 39.7 Å². The Kier molecular flexibility index (Phi) is 8.85. The molecule has 0 saturated carbocycles. The van der Waals surface area contributed by atoms with E-state index in [1.807, 2.05) is 114 Å². The van der Waals surface area contributed by atoms with Crippen molar-refractivity contribution < 1.29 is 14.3 Å². The predicted molar refractivity (Wildman–Crippen MR) is 157 cm³/mol. The van der Waals surface area contributed by atoms with Gasteiger partial charge in [-0.1, -0.05) is 72.4 Å². The maximum Gasteiger partial charge on any atom is 0.250 e. The lowest BCUT2D eigenvalue weighted by Gasteiger charge is -2.11. The minimum absolute atomic E-state index is 0.118. The first-order valence-corrected chi connectivity index (χ1v) is 13.5. The summed E-state index contributed by atoms with van der Waals surface area (Å²) in [5, 5.41) is 13.5. The molecule has 0 radical (unpaired) electrons. The van der Waals surface area contributed by atoms with Gasteiger partial charge in [-0.2, -0.15) is 5.10 Å². The van der Waals surface area contributed by atoms with E-state index in [4.69, 9.17) is 9.47 Å². The minimum Gasteiger partial charge on any atom is -0.497 e.